The van der Waals surface area contributed by atoms with Crippen LogP contribution in [0.4, 0.5) is 11.6 Å². The Morgan fingerprint density at radius 1 is 0.962 bits per heavy atom. The molecule has 0 unspecified atom stereocenters. The van der Waals surface area contributed by atoms with Gasteiger partial charge in [0.05, 0.1) is 19.1 Å². The maximum absolute atomic E-state index is 12.5. The maximum atomic E-state index is 12.5. The molecule has 0 aliphatic heterocycles. The Kier molecular flexibility index (Phi) is 6.98. The Labute approximate surface area is 152 Å². The predicted molar refractivity (Wildman–Crippen MR) is 97.4 cm³/mol. The van der Waals surface area contributed by atoms with Gasteiger partial charge in [0, 0.05) is 26.3 Å². The second kappa shape index (κ2) is 9.20. The third kappa shape index (κ3) is 5.20. The van der Waals surface area contributed by atoms with Crippen molar-refractivity contribution in [2.75, 3.05) is 44.5 Å². The molecule has 0 radical (unpaired) electrons. The van der Waals surface area contributed by atoms with Gasteiger partial charge in [-0.1, -0.05) is 0 Å². The Morgan fingerprint density at radius 2 is 1.65 bits per heavy atom. The first-order chi connectivity index (χ1) is 12.5. The summed E-state index contributed by atoms with van der Waals surface area (Å²) in [5, 5.41) is 10.9. The Balaban J connectivity index is 2.07. The first kappa shape index (κ1) is 19.7. The molecule has 0 spiro atoms. The molecule has 26 heavy (non-hydrogen) atoms. The zero-order valence-corrected chi connectivity index (χ0v) is 15.7. The van der Waals surface area contributed by atoms with Gasteiger partial charge in [-0.15, -0.1) is 10.2 Å². The number of hydrogen-bond acceptors (Lipinski definition) is 8. The number of nitrogens with one attached hydrogen (secondary N) is 2. The van der Waals surface area contributed by atoms with Gasteiger partial charge in [0.25, 0.3) is 10.0 Å². The molecule has 2 rings (SSSR count). The van der Waals surface area contributed by atoms with Gasteiger partial charge in [-0.2, -0.15) is 0 Å². The SMILES string of the molecule is COCCCNc1ccc(NS(=O)(=O)c2ccc(OC)c(OC)c2)nn1. The topological polar surface area (TPSA) is 112 Å². The normalized spacial score (nSPS) is 11.0. The number of anilines is 2. The van der Waals surface area contributed by atoms with Crippen molar-refractivity contribution in [1.29, 1.82) is 0 Å². The fourth-order valence-electron chi connectivity index (χ4n) is 2.09. The second-order valence-corrected chi connectivity index (χ2v) is 6.88. The van der Waals surface area contributed by atoms with Crippen LogP contribution in [0, 0.1) is 0 Å². The van der Waals surface area contributed by atoms with Gasteiger partial charge in [0.15, 0.2) is 17.3 Å². The standard InChI is InChI=1S/C16H22N4O5S/c1-23-10-4-9-17-15-7-8-16(19-18-15)20-26(21,22)12-5-6-13(24-2)14(11-12)25-3/h5-8,11H,4,9-10H2,1-3H3,(H,17,18)(H,19,20). The number of ether oxygens (including phenoxy) is 3. The molecule has 9 nitrogen and oxygen atoms in total. The molecule has 10 heteroatoms. The van der Waals surface area contributed by atoms with E-state index in [1.54, 1.807) is 13.2 Å². The van der Waals surface area contributed by atoms with Crippen LogP contribution in [0.5, 0.6) is 11.5 Å². The van der Waals surface area contributed by atoms with Gasteiger partial charge in [-0.25, -0.2) is 8.42 Å². The van der Waals surface area contributed by atoms with Crippen LogP contribution in [-0.4, -0.2) is 53.1 Å². The minimum Gasteiger partial charge on any atom is -0.493 e. The number of hydrogen-bond donors (Lipinski definition) is 2. The van der Waals surface area contributed by atoms with Crippen molar-refractivity contribution in [2.24, 2.45) is 0 Å². The minimum atomic E-state index is -3.83. The Morgan fingerprint density at radius 3 is 2.27 bits per heavy atom. The van der Waals surface area contributed by atoms with Crippen LogP contribution in [0.2, 0.25) is 0 Å². The van der Waals surface area contributed by atoms with Crippen LogP contribution in [0.25, 0.3) is 0 Å². The van der Waals surface area contributed by atoms with Gasteiger partial charge < -0.3 is 19.5 Å². The Hall–Kier alpha value is -2.59. The number of methoxy groups -OCH3 is 3. The molecule has 0 atom stereocenters. The van der Waals surface area contributed by atoms with E-state index in [1.165, 1.54) is 38.5 Å². The molecule has 142 valence electrons. The van der Waals surface area contributed by atoms with Gasteiger partial charge in [0.2, 0.25) is 0 Å². The molecule has 1 aromatic heterocycles. The lowest BCUT2D eigenvalue weighted by atomic mass is 10.3. The summed E-state index contributed by atoms with van der Waals surface area (Å²) in [6.45, 7) is 1.32. The van der Waals surface area contributed by atoms with E-state index in [0.29, 0.717) is 30.5 Å². The van der Waals surface area contributed by atoms with Crippen molar-refractivity contribution in [3.8, 4) is 11.5 Å². The van der Waals surface area contributed by atoms with Gasteiger partial charge in [0.1, 0.15) is 5.82 Å². The molecule has 0 saturated carbocycles. The van der Waals surface area contributed by atoms with Gasteiger partial charge >= 0.3 is 0 Å². The lowest BCUT2D eigenvalue weighted by Crippen LogP contribution is -2.15. The largest absolute Gasteiger partial charge is 0.493 e. The van der Waals surface area contributed by atoms with Crippen LogP contribution < -0.4 is 19.5 Å². The smallest absolute Gasteiger partial charge is 0.263 e. The molecule has 0 aliphatic rings. The fraction of sp³-hybridized carbons (Fsp3) is 0.375. The summed E-state index contributed by atoms with van der Waals surface area (Å²) in [5.74, 6) is 1.42. The fourth-order valence-corrected chi connectivity index (χ4v) is 3.11. The molecule has 1 heterocycles. The highest BCUT2D eigenvalue weighted by Gasteiger charge is 2.18. The van der Waals surface area contributed by atoms with E-state index < -0.39 is 10.0 Å². The maximum Gasteiger partial charge on any atom is 0.263 e. The second-order valence-electron chi connectivity index (χ2n) is 5.20. The number of aromatic nitrogens is 2. The summed E-state index contributed by atoms with van der Waals surface area (Å²) in [5.41, 5.74) is 0. The average molecular weight is 382 g/mol. The lowest BCUT2D eigenvalue weighted by molar-refractivity contribution is 0.197. The molecule has 2 aromatic rings. The van der Waals surface area contributed by atoms with E-state index >= 15 is 0 Å². The Bertz CT molecular complexity index is 812. The zero-order valence-electron chi connectivity index (χ0n) is 14.9. The molecule has 0 fully saturated rings. The van der Waals surface area contributed by atoms with Crippen molar-refractivity contribution in [1.82, 2.24) is 10.2 Å². The van der Waals surface area contributed by atoms with Crippen LogP contribution in [0.1, 0.15) is 6.42 Å². The summed E-state index contributed by atoms with van der Waals surface area (Å²) in [7, 11) is 0.718. The molecule has 0 amide bonds. The van der Waals surface area contributed by atoms with E-state index in [9.17, 15) is 8.42 Å². The van der Waals surface area contributed by atoms with Gasteiger partial charge in [-0.05, 0) is 30.7 Å². The first-order valence-corrected chi connectivity index (χ1v) is 9.30. The van der Waals surface area contributed by atoms with Crippen molar-refractivity contribution < 1.29 is 22.6 Å². The first-order valence-electron chi connectivity index (χ1n) is 7.81. The number of nitrogens with zero attached hydrogens (tertiary/aromatic N) is 2. The molecular weight excluding hydrogens is 360 g/mol. The monoisotopic (exact) mass is 382 g/mol. The quantitative estimate of drug-likeness (QED) is 0.598. The van der Waals surface area contributed by atoms with E-state index in [2.05, 4.69) is 20.2 Å². The van der Waals surface area contributed by atoms with Crippen molar-refractivity contribution in [3.63, 3.8) is 0 Å². The lowest BCUT2D eigenvalue weighted by Gasteiger charge is -2.11. The number of sulfonamides is 1. The number of benzene rings is 1. The van der Waals surface area contributed by atoms with Crippen molar-refractivity contribution in [3.05, 3.63) is 30.3 Å². The summed E-state index contributed by atoms with van der Waals surface area (Å²) in [6, 6.07) is 7.49. The van der Waals surface area contributed by atoms with Crippen LogP contribution in [-0.2, 0) is 14.8 Å². The molecule has 1 aromatic carbocycles. The third-order valence-corrected chi connectivity index (χ3v) is 4.75. The highest BCUT2D eigenvalue weighted by molar-refractivity contribution is 7.92. The molecule has 2 N–H and O–H groups in total. The molecular formula is C16H22N4O5S. The van der Waals surface area contributed by atoms with Crippen LogP contribution in [0.15, 0.2) is 35.2 Å². The van der Waals surface area contributed by atoms with E-state index in [-0.39, 0.29) is 10.7 Å². The molecule has 0 saturated heterocycles. The van der Waals surface area contributed by atoms with Crippen molar-refractivity contribution in [2.45, 2.75) is 11.3 Å². The predicted octanol–water partition coefficient (Wildman–Crippen LogP) is 1.74. The van der Waals surface area contributed by atoms with E-state index in [0.717, 1.165) is 6.42 Å². The highest BCUT2D eigenvalue weighted by atomic mass is 32.2. The highest BCUT2D eigenvalue weighted by Crippen LogP contribution is 2.29. The van der Waals surface area contributed by atoms with E-state index in [1.807, 2.05) is 0 Å². The molecule has 0 bridgehead atoms. The van der Waals surface area contributed by atoms with Gasteiger partial charge in [-0.3, -0.25) is 4.72 Å². The third-order valence-electron chi connectivity index (χ3n) is 3.40. The number of rotatable bonds is 10. The average Bonchev–Trinajstić information content (AvgIpc) is 2.65. The zero-order chi connectivity index (χ0) is 19.0. The minimum absolute atomic E-state index is 0.0266. The van der Waals surface area contributed by atoms with Crippen molar-refractivity contribution >= 4 is 21.7 Å². The summed E-state index contributed by atoms with van der Waals surface area (Å²) >= 11 is 0. The van der Waals surface area contributed by atoms with Crippen LogP contribution >= 0.6 is 0 Å². The van der Waals surface area contributed by atoms with E-state index in [4.69, 9.17) is 14.2 Å². The summed E-state index contributed by atoms with van der Waals surface area (Å²) in [4.78, 5) is 0.0266. The summed E-state index contributed by atoms with van der Waals surface area (Å²) in [6.07, 6.45) is 0.825. The van der Waals surface area contributed by atoms with Crippen LogP contribution in [0.3, 0.4) is 0 Å². The molecule has 0 aliphatic carbocycles. The summed E-state index contributed by atoms with van der Waals surface area (Å²) < 4.78 is 42.6.